The third-order valence-corrected chi connectivity index (χ3v) is 6.36. The van der Waals surface area contributed by atoms with Gasteiger partial charge in [0.15, 0.2) is 5.96 Å². The predicted molar refractivity (Wildman–Crippen MR) is 163 cm³/mol. The first kappa shape index (κ1) is 32.1. The Kier molecular flexibility index (Phi) is 12.5. The summed E-state index contributed by atoms with van der Waals surface area (Å²) in [6.45, 7) is 0.250. The van der Waals surface area contributed by atoms with Crippen LogP contribution in [0.5, 0.6) is 0 Å². The summed E-state index contributed by atoms with van der Waals surface area (Å²) in [5, 5.41) is 8.10. The highest BCUT2D eigenvalue weighted by atomic mass is 16.2. The molecule has 13 heteroatoms. The topological polar surface area (TPSA) is 223 Å². The van der Waals surface area contributed by atoms with E-state index in [9.17, 15) is 19.2 Å². The number of guanidine groups is 1. The van der Waals surface area contributed by atoms with Gasteiger partial charge < -0.3 is 38.1 Å². The van der Waals surface area contributed by atoms with E-state index in [4.69, 9.17) is 17.2 Å². The molecule has 1 heterocycles. The van der Waals surface area contributed by atoms with Crippen LogP contribution in [0.3, 0.4) is 0 Å². The smallest absolute Gasteiger partial charge is 0.244 e. The lowest BCUT2D eigenvalue weighted by Crippen LogP contribution is -2.57. The van der Waals surface area contributed by atoms with Crippen LogP contribution in [0.2, 0.25) is 0 Å². The van der Waals surface area contributed by atoms with E-state index in [0.29, 0.717) is 12.1 Å². The maximum Gasteiger partial charge on any atom is 0.244 e. The van der Waals surface area contributed by atoms with Gasteiger partial charge in [0.25, 0.3) is 0 Å². The maximum absolute atomic E-state index is 13.6. The van der Waals surface area contributed by atoms with Gasteiger partial charge in [0.1, 0.15) is 18.1 Å². The molecule has 0 aliphatic heterocycles. The van der Waals surface area contributed by atoms with Crippen molar-refractivity contribution in [2.24, 2.45) is 22.2 Å². The van der Waals surface area contributed by atoms with E-state index in [1.165, 1.54) is 12.4 Å². The average molecular weight is 588 g/mol. The molecule has 43 heavy (non-hydrogen) atoms. The van der Waals surface area contributed by atoms with Gasteiger partial charge in [-0.3, -0.25) is 24.2 Å². The van der Waals surface area contributed by atoms with Crippen LogP contribution in [0.4, 0.5) is 0 Å². The molecule has 3 aromatic rings. The number of carbonyl (C=O) groups excluding carboxylic acids is 4. The molecule has 0 unspecified atom stereocenters. The van der Waals surface area contributed by atoms with Gasteiger partial charge >= 0.3 is 0 Å². The molecule has 1 aromatic heterocycles. The number of aromatic nitrogens is 2. The highest BCUT2D eigenvalue weighted by Crippen LogP contribution is 2.08. The first-order valence-electron chi connectivity index (χ1n) is 13.7. The fourth-order valence-electron chi connectivity index (χ4n) is 4.17. The Hall–Kier alpha value is -5.46. The van der Waals surface area contributed by atoms with E-state index >= 15 is 0 Å². The number of carbonyl (C=O) groups is 4. The van der Waals surface area contributed by atoms with Crippen molar-refractivity contribution in [1.29, 1.82) is 0 Å². The molecule has 0 saturated carbocycles. The summed E-state index contributed by atoms with van der Waals surface area (Å²) in [7, 11) is 0. The standard InChI is InChI=1S/C30H37N9O4/c31-27(41)23(12-7-15-35-30(32)33)38-28(42)24(16-21-10-5-2-6-11-21)39-29(43)25(17-22-18-34-19-36-22)37-26(40)14-13-20-8-3-1-4-9-20/h1-6,8-11,13-14,18-19,23-25H,7,12,15-17H2,(H2,31,41)(H,34,36)(H,37,40)(H,38,42)(H,39,43)(H4,32,33,35)/b14-13+/t23-,24-,25+/m1/s1. The monoisotopic (exact) mass is 587 g/mol. The third kappa shape index (κ3) is 11.5. The second kappa shape index (κ2) is 16.7. The van der Waals surface area contributed by atoms with Crippen LogP contribution in [0.25, 0.3) is 6.08 Å². The van der Waals surface area contributed by atoms with Gasteiger partial charge in [0.05, 0.1) is 6.33 Å². The summed E-state index contributed by atoms with van der Waals surface area (Å²) in [6, 6.07) is 15.1. The summed E-state index contributed by atoms with van der Waals surface area (Å²) in [5.74, 6) is -2.54. The van der Waals surface area contributed by atoms with Crippen molar-refractivity contribution in [3.63, 3.8) is 0 Å². The zero-order valence-electron chi connectivity index (χ0n) is 23.6. The lowest BCUT2D eigenvalue weighted by Gasteiger charge is -2.24. The van der Waals surface area contributed by atoms with E-state index in [-0.39, 0.29) is 31.8 Å². The fourth-order valence-corrected chi connectivity index (χ4v) is 4.17. The van der Waals surface area contributed by atoms with E-state index in [1.807, 2.05) is 60.7 Å². The van der Waals surface area contributed by atoms with Gasteiger partial charge in [-0.25, -0.2) is 4.98 Å². The van der Waals surface area contributed by atoms with Gasteiger partial charge in [-0.1, -0.05) is 60.7 Å². The van der Waals surface area contributed by atoms with Crippen molar-refractivity contribution < 1.29 is 19.2 Å². The zero-order valence-corrected chi connectivity index (χ0v) is 23.6. The number of amides is 4. The first-order valence-corrected chi connectivity index (χ1v) is 13.7. The average Bonchev–Trinajstić information content (AvgIpc) is 3.51. The SMILES string of the molecule is NC(=O)[C@@H](CCCN=C(N)N)NC(=O)[C@@H](Cc1ccccc1)NC(=O)[C@H](Cc1cnc[nH]1)NC(=O)/C=C/c1ccccc1. The highest BCUT2D eigenvalue weighted by molar-refractivity contribution is 5.97. The molecule has 0 spiro atoms. The van der Waals surface area contributed by atoms with Crippen LogP contribution >= 0.6 is 0 Å². The molecule has 0 radical (unpaired) electrons. The molecule has 13 nitrogen and oxygen atoms in total. The number of hydrogen-bond acceptors (Lipinski definition) is 6. The molecule has 0 saturated heterocycles. The third-order valence-electron chi connectivity index (χ3n) is 6.36. The Morgan fingerprint density at radius 1 is 0.837 bits per heavy atom. The van der Waals surface area contributed by atoms with E-state index in [2.05, 4.69) is 30.9 Å². The first-order chi connectivity index (χ1) is 20.7. The van der Waals surface area contributed by atoms with Gasteiger partial charge in [-0.2, -0.15) is 0 Å². The molecule has 4 amide bonds. The lowest BCUT2D eigenvalue weighted by molar-refractivity contribution is -0.132. The maximum atomic E-state index is 13.6. The van der Waals surface area contributed by atoms with Crippen molar-refractivity contribution in [2.75, 3.05) is 6.54 Å². The number of rotatable bonds is 16. The Morgan fingerprint density at radius 3 is 2.07 bits per heavy atom. The lowest BCUT2D eigenvalue weighted by atomic mass is 10.0. The van der Waals surface area contributed by atoms with E-state index in [1.54, 1.807) is 12.3 Å². The minimum Gasteiger partial charge on any atom is -0.370 e. The number of aliphatic imine (C=N–C) groups is 1. The minimum absolute atomic E-state index is 0.0855. The Bertz CT molecular complexity index is 1390. The number of primary amides is 1. The van der Waals surface area contributed by atoms with Gasteiger partial charge in [-0.05, 0) is 30.0 Å². The summed E-state index contributed by atoms with van der Waals surface area (Å²) in [5.41, 5.74) is 18.4. The number of hydrogen-bond donors (Lipinski definition) is 7. The van der Waals surface area contributed by atoms with Gasteiger partial charge in [-0.15, -0.1) is 0 Å². The number of nitrogens with two attached hydrogens (primary N) is 3. The molecular formula is C30H37N9O4. The van der Waals surface area contributed by atoms with Crippen molar-refractivity contribution >= 4 is 35.7 Å². The molecule has 226 valence electrons. The van der Waals surface area contributed by atoms with Crippen LogP contribution in [0, 0.1) is 0 Å². The Labute approximate surface area is 249 Å². The number of nitrogens with one attached hydrogen (secondary N) is 4. The molecule has 2 aromatic carbocycles. The van der Waals surface area contributed by atoms with Crippen LogP contribution in [0.15, 0.2) is 84.3 Å². The van der Waals surface area contributed by atoms with Crippen molar-refractivity contribution in [2.45, 2.75) is 43.8 Å². The van der Waals surface area contributed by atoms with Gasteiger partial charge in [0, 0.05) is 37.4 Å². The summed E-state index contributed by atoms with van der Waals surface area (Å²) >= 11 is 0. The largest absolute Gasteiger partial charge is 0.370 e. The van der Waals surface area contributed by atoms with Crippen molar-refractivity contribution in [3.8, 4) is 0 Å². The number of benzene rings is 2. The number of nitrogens with zero attached hydrogens (tertiary/aromatic N) is 2. The molecule has 0 bridgehead atoms. The van der Waals surface area contributed by atoms with E-state index < -0.39 is 41.8 Å². The second-order valence-electron chi connectivity index (χ2n) is 9.75. The highest BCUT2D eigenvalue weighted by Gasteiger charge is 2.29. The molecule has 3 atom stereocenters. The number of H-pyrrole nitrogens is 1. The molecule has 0 aliphatic carbocycles. The summed E-state index contributed by atoms with van der Waals surface area (Å²) < 4.78 is 0. The summed E-state index contributed by atoms with van der Waals surface area (Å²) in [4.78, 5) is 62.7. The summed E-state index contributed by atoms with van der Waals surface area (Å²) in [6.07, 6.45) is 6.75. The van der Waals surface area contributed by atoms with Crippen LogP contribution in [-0.4, -0.2) is 64.2 Å². The predicted octanol–water partition coefficient (Wildman–Crippen LogP) is -0.0984. The Morgan fingerprint density at radius 2 is 1.47 bits per heavy atom. The van der Waals surface area contributed by atoms with Crippen molar-refractivity contribution in [3.05, 3.63) is 96.1 Å². The number of aromatic amines is 1. The van der Waals surface area contributed by atoms with Crippen LogP contribution < -0.4 is 33.2 Å². The molecule has 0 aliphatic rings. The van der Waals surface area contributed by atoms with Gasteiger partial charge in [0.2, 0.25) is 23.6 Å². The number of imidazole rings is 1. The van der Waals surface area contributed by atoms with Crippen molar-refractivity contribution in [1.82, 2.24) is 25.9 Å². The normalized spacial score (nSPS) is 12.9. The van der Waals surface area contributed by atoms with Crippen LogP contribution in [-0.2, 0) is 32.0 Å². The molecule has 0 fully saturated rings. The van der Waals surface area contributed by atoms with Crippen LogP contribution in [0.1, 0.15) is 29.7 Å². The molecular weight excluding hydrogens is 550 g/mol. The molecule has 3 rings (SSSR count). The zero-order chi connectivity index (χ0) is 31.0. The van der Waals surface area contributed by atoms with E-state index in [0.717, 1.165) is 11.1 Å². The fraction of sp³-hybridized carbons (Fsp3) is 0.267. The quantitative estimate of drug-likeness (QED) is 0.0521. The Balaban J connectivity index is 1.77. The second-order valence-corrected chi connectivity index (χ2v) is 9.75. The minimum atomic E-state index is -1.09. The molecule has 10 N–H and O–H groups in total.